The van der Waals surface area contributed by atoms with Gasteiger partial charge in [-0.2, -0.15) is 0 Å². The van der Waals surface area contributed by atoms with Gasteiger partial charge in [0, 0.05) is 18.0 Å². The first-order chi connectivity index (χ1) is 12.8. The van der Waals surface area contributed by atoms with E-state index in [0.717, 1.165) is 33.6 Å². The van der Waals surface area contributed by atoms with Gasteiger partial charge in [0.2, 0.25) is 0 Å². The number of hydrogen-bond acceptors (Lipinski definition) is 1. The summed E-state index contributed by atoms with van der Waals surface area (Å²) in [6.45, 7) is 11.6. The van der Waals surface area contributed by atoms with Crippen LogP contribution in [-0.2, 0) is 0 Å². The van der Waals surface area contributed by atoms with E-state index in [1.807, 2.05) is 44.3 Å². The minimum absolute atomic E-state index is 0.266. The lowest BCUT2D eigenvalue weighted by molar-refractivity contribution is 0.511. The number of nitrogens with zero attached hydrogens (tertiary/aromatic N) is 1. The highest BCUT2D eigenvalue weighted by Crippen LogP contribution is 2.30. The van der Waals surface area contributed by atoms with Crippen LogP contribution in [0.3, 0.4) is 0 Å². The van der Waals surface area contributed by atoms with Crippen molar-refractivity contribution in [3.05, 3.63) is 102 Å². The zero-order chi connectivity index (χ0) is 20.0. The summed E-state index contributed by atoms with van der Waals surface area (Å²) >= 11 is 0. The Morgan fingerprint density at radius 3 is 2.33 bits per heavy atom. The van der Waals surface area contributed by atoms with Crippen LogP contribution in [0.2, 0.25) is 0 Å². The predicted molar refractivity (Wildman–Crippen MR) is 114 cm³/mol. The number of hydrogen-bond donors (Lipinski definition) is 0. The Hall–Kier alpha value is -2.64. The third-order valence-corrected chi connectivity index (χ3v) is 4.31. The minimum atomic E-state index is -0.834. The minimum Gasteiger partial charge on any atom is -0.264 e. The summed E-state index contributed by atoms with van der Waals surface area (Å²) in [5, 5.41) is 0.825. The first-order valence-corrected chi connectivity index (χ1v) is 8.94. The number of allylic oxidation sites excluding steroid dienone is 1. The van der Waals surface area contributed by atoms with Crippen molar-refractivity contribution < 1.29 is 8.78 Å². The maximum atomic E-state index is 13.7. The molecule has 1 aromatic heterocycles. The quantitative estimate of drug-likeness (QED) is 0.450. The molecule has 4 heteroatoms. The molecule has 3 aromatic rings. The molecular weight excluding hydrogens is 359 g/mol. The highest BCUT2D eigenvalue weighted by atomic mass is 31.0. The van der Waals surface area contributed by atoms with Gasteiger partial charge in [-0.3, -0.25) is 4.98 Å². The second kappa shape index (κ2) is 9.34. The summed E-state index contributed by atoms with van der Waals surface area (Å²) in [5.41, 5.74) is 5.07. The molecule has 0 aliphatic heterocycles. The predicted octanol–water partition coefficient (Wildman–Crippen LogP) is 6.90. The summed E-state index contributed by atoms with van der Waals surface area (Å²) < 4.78 is 26.9. The van der Waals surface area contributed by atoms with E-state index in [2.05, 4.69) is 27.4 Å². The number of pyridine rings is 1. The molecule has 138 valence electrons. The summed E-state index contributed by atoms with van der Waals surface area (Å²) in [5.74, 6) is -1.65. The second-order valence-corrected chi connectivity index (χ2v) is 6.88. The van der Waals surface area contributed by atoms with Crippen LogP contribution in [0.5, 0.6) is 0 Å². The van der Waals surface area contributed by atoms with Gasteiger partial charge in [0.05, 0.1) is 0 Å². The van der Waals surface area contributed by atoms with Crippen LogP contribution in [0.4, 0.5) is 8.78 Å². The van der Waals surface area contributed by atoms with Crippen molar-refractivity contribution in [1.82, 2.24) is 4.98 Å². The van der Waals surface area contributed by atoms with Crippen molar-refractivity contribution in [3.63, 3.8) is 0 Å². The average molecular weight is 381 g/mol. The van der Waals surface area contributed by atoms with E-state index >= 15 is 0 Å². The highest BCUT2D eigenvalue weighted by molar-refractivity contribution is 7.31. The van der Waals surface area contributed by atoms with Crippen LogP contribution >= 0.6 is 9.24 Å². The summed E-state index contributed by atoms with van der Waals surface area (Å²) in [4.78, 5) is 3.95. The molecule has 0 aliphatic rings. The van der Waals surface area contributed by atoms with Gasteiger partial charge in [0.15, 0.2) is 11.6 Å². The van der Waals surface area contributed by atoms with E-state index in [1.54, 1.807) is 18.3 Å². The van der Waals surface area contributed by atoms with Gasteiger partial charge in [-0.25, -0.2) is 8.78 Å². The zero-order valence-corrected chi connectivity index (χ0v) is 16.6. The third kappa shape index (κ3) is 5.42. The Morgan fingerprint density at radius 1 is 1.04 bits per heavy atom. The molecule has 0 bridgehead atoms. The fourth-order valence-corrected chi connectivity index (χ4v) is 2.79. The maximum Gasteiger partial charge on any atom is 0.166 e. The molecule has 0 spiro atoms. The third-order valence-electron chi connectivity index (χ3n) is 4.00. The molecule has 0 saturated carbocycles. The molecule has 0 amide bonds. The summed E-state index contributed by atoms with van der Waals surface area (Å²) in [6.07, 6.45) is 3.56. The van der Waals surface area contributed by atoms with Gasteiger partial charge in [0.1, 0.15) is 0 Å². The first kappa shape index (κ1) is 20.7. The maximum absolute atomic E-state index is 13.7. The zero-order valence-electron chi connectivity index (χ0n) is 15.5. The monoisotopic (exact) mass is 381 g/mol. The lowest BCUT2D eigenvalue weighted by atomic mass is 9.99. The van der Waals surface area contributed by atoms with E-state index in [0.29, 0.717) is 5.56 Å². The number of halogens is 2. The molecule has 1 unspecified atom stereocenters. The van der Waals surface area contributed by atoms with Crippen molar-refractivity contribution in [3.8, 4) is 11.1 Å². The molecule has 2 aromatic carbocycles. The highest BCUT2D eigenvalue weighted by Gasteiger charge is 2.11. The van der Waals surface area contributed by atoms with Crippen LogP contribution in [0.15, 0.2) is 74.1 Å². The lowest BCUT2D eigenvalue weighted by Crippen LogP contribution is -1.91. The average Bonchev–Trinajstić information content (AvgIpc) is 2.65. The summed E-state index contributed by atoms with van der Waals surface area (Å²) in [7, 11) is 2.53. The van der Waals surface area contributed by atoms with Crippen LogP contribution in [0, 0.1) is 18.6 Å². The second-order valence-electron chi connectivity index (χ2n) is 6.18. The smallest absolute Gasteiger partial charge is 0.166 e. The Balaban J connectivity index is 0.000000244. The van der Waals surface area contributed by atoms with Gasteiger partial charge in [0.25, 0.3) is 0 Å². The van der Waals surface area contributed by atoms with Crippen molar-refractivity contribution in [2.45, 2.75) is 13.8 Å². The van der Waals surface area contributed by atoms with E-state index < -0.39 is 11.6 Å². The first-order valence-electron chi connectivity index (χ1n) is 8.37. The SMILES string of the molecule is C=C(C)c1cccnc1.C=C(P)c1cc(-c2cccc(F)c2F)ccc1C. The molecule has 1 heterocycles. The fourth-order valence-electron chi connectivity index (χ4n) is 2.48. The normalized spacial score (nSPS) is 9.96. The number of rotatable bonds is 3. The van der Waals surface area contributed by atoms with E-state index in [4.69, 9.17) is 0 Å². The molecule has 0 aliphatic carbocycles. The number of aromatic nitrogens is 1. The van der Waals surface area contributed by atoms with Crippen LogP contribution < -0.4 is 0 Å². The fraction of sp³-hybridized carbons (Fsp3) is 0.0870. The Morgan fingerprint density at radius 2 is 1.78 bits per heavy atom. The molecular formula is C23H22F2NP. The van der Waals surface area contributed by atoms with Crippen molar-refractivity contribution in [2.24, 2.45) is 0 Å². The van der Waals surface area contributed by atoms with Crippen molar-refractivity contribution >= 4 is 20.1 Å². The van der Waals surface area contributed by atoms with Gasteiger partial charge in [-0.15, -0.1) is 9.24 Å². The molecule has 3 rings (SSSR count). The molecule has 0 radical (unpaired) electrons. The molecule has 0 saturated heterocycles. The standard InChI is InChI=1S/C15H13F2P.C8H9N/c1-9-6-7-11(8-13(9)10(2)18)12-4-3-5-14(16)15(12)17;1-7(2)8-4-3-5-9-6-8/h3-8H,2,18H2,1H3;3-6H,1H2,2H3. The molecule has 0 fully saturated rings. The Kier molecular flexibility index (Phi) is 7.15. The molecule has 1 atom stereocenters. The van der Waals surface area contributed by atoms with Gasteiger partial charge in [-0.1, -0.05) is 43.5 Å². The number of aryl methyl sites for hydroxylation is 1. The Bertz CT molecular complexity index is 965. The van der Waals surface area contributed by atoms with E-state index in [9.17, 15) is 8.78 Å². The van der Waals surface area contributed by atoms with Crippen LogP contribution in [0.25, 0.3) is 22.0 Å². The van der Waals surface area contributed by atoms with Gasteiger partial charge in [-0.05, 0) is 65.2 Å². The van der Waals surface area contributed by atoms with E-state index in [1.165, 1.54) is 6.07 Å². The van der Waals surface area contributed by atoms with Crippen LogP contribution in [0.1, 0.15) is 23.6 Å². The van der Waals surface area contributed by atoms with E-state index in [-0.39, 0.29) is 5.56 Å². The van der Waals surface area contributed by atoms with Gasteiger partial charge < -0.3 is 0 Å². The molecule has 27 heavy (non-hydrogen) atoms. The number of benzene rings is 2. The lowest BCUT2D eigenvalue weighted by Gasteiger charge is -2.09. The van der Waals surface area contributed by atoms with Crippen molar-refractivity contribution in [2.75, 3.05) is 0 Å². The molecule has 0 N–H and O–H groups in total. The topological polar surface area (TPSA) is 12.9 Å². The summed E-state index contributed by atoms with van der Waals surface area (Å²) in [6, 6.07) is 13.6. The van der Waals surface area contributed by atoms with Gasteiger partial charge >= 0.3 is 0 Å². The van der Waals surface area contributed by atoms with Crippen LogP contribution in [-0.4, -0.2) is 4.98 Å². The Labute approximate surface area is 161 Å². The molecule has 1 nitrogen and oxygen atoms in total. The van der Waals surface area contributed by atoms with Crippen molar-refractivity contribution in [1.29, 1.82) is 0 Å². The largest absolute Gasteiger partial charge is 0.264 e.